The van der Waals surface area contributed by atoms with Gasteiger partial charge in [0.2, 0.25) is 5.95 Å². The third-order valence-electron chi connectivity index (χ3n) is 4.50. The standard InChI is InChI=1S/C22H33BrN4O2/c1-22(2,3)29-21(28)25-14-8-6-4-5-7-9-15-27-19(16-26-20(27)24)17-10-12-18(23)13-11-17/h10-13,16H,4-9,14-15H2,1-3H3,(H2,24,26)(H,25,28). The summed E-state index contributed by atoms with van der Waals surface area (Å²) in [7, 11) is 0. The summed E-state index contributed by atoms with van der Waals surface area (Å²) < 4.78 is 8.37. The van der Waals surface area contributed by atoms with Crippen LogP contribution >= 0.6 is 15.9 Å². The van der Waals surface area contributed by atoms with E-state index in [0.29, 0.717) is 12.5 Å². The van der Waals surface area contributed by atoms with Gasteiger partial charge in [0, 0.05) is 17.6 Å². The minimum atomic E-state index is -0.445. The molecule has 7 heteroatoms. The van der Waals surface area contributed by atoms with Crippen molar-refractivity contribution in [3.63, 3.8) is 0 Å². The Balaban J connectivity index is 1.61. The fraction of sp³-hybridized carbons (Fsp3) is 0.545. The van der Waals surface area contributed by atoms with Crippen molar-refractivity contribution in [1.82, 2.24) is 14.9 Å². The maximum absolute atomic E-state index is 11.6. The number of carbonyl (C=O) groups excluding carboxylic acids is 1. The summed E-state index contributed by atoms with van der Waals surface area (Å²) in [6.45, 7) is 7.14. The molecule has 160 valence electrons. The molecular weight excluding hydrogens is 432 g/mol. The summed E-state index contributed by atoms with van der Waals surface area (Å²) in [5, 5.41) is 2.80. The van der Waals surface area contributed by atoms with E-state index in [9.17, 15) is 4.79 Å². The number of nitrogens with zero attached hydrogens (tertiary/aromatic N) is 2. The van der Waals surface area contributed by atoms with Crippen LogP contribution in [0.5, 0.6) is 0 Å². The summed E-state index contributed by atoms with van der Waals surface area (Å²) in [6, 6.07) is 8.20. The lowest BCUT2D eigenvalue weighted by atomic mass is 10.1. The highest BCUT2D eigenvalue weighted by Gasteiger charge is 2.15. The number of nitrogen functional groups attached to an aromatic ring is 1. The Morgan fingerprint density at radius 1 is 1.10 bits per heavy atom. The Kier molecular flexibility index (Phi) is 9.01. The average Bonchev–Trinajstić information content (AvgIpc) is 3.00. The molecule has 1 amide bonds. The molecule has 2 aromatic rings. The lowest BCUT2D eigenvalue weighted by Gasteiger charge is -2.19. The third-order valence-corrected chi connectivity index (χ3v) is 5.03. The Labute approximate surface area is 182 Å². The van der Waals surface area contributed by atoms with Crippen molar-refractivity contribution in [3.05, 3.63) is 34.9 Å². The molecule has 0 bridgehead atoms. The number of imidazole rings is 1. The molecule has 2 rings (SSSR count). The van der Waals surface area contributed by atoms with Gasteiger partial charge in [-0.2, -0.15) is 0 Å². The van der Waals surface area contributed by atoms with Gasteiger partial charge in [-0.25, -0.2) is 9.78 Å². The van der Waals surface area contributed by atoms with Crippen LogP contribution in [0, 0.1) is 0 Å². The Morgan fingerprint density at radius 2 is 1.72 bits per heavy atom. The van der Waals surface area contributed by atoms with Gasteiger partial charge >= 0.3 is 6.09 Å². The molecule has 0 aliphatic carbocycles. The van der Waals surface area contributed by atoms with Crippen molar-refractivity contribution in [2.24, 2.45) is 0 Å². The molecule has 0 aliphatic heterocycles. The number of halogens is 1. The number of nitrogens with one attached hydrogen (secondary N) is 1. The molecule has 3 N–H and O–H groups in total. The van der Waals surface area contributed by atoms with Gasteiger partial charge in [-0.15, -0.1) is 0 Å². The second-order valence-electron chi connectivity index (χ2n) is 8.21. The van der Waals surface area contributed by atoms with Crippen molar-refractivity contribution < 1.29 is 9.53 Å². The van der Waals surface area contributed by atoms with E-state index < -0.39 is 5.60 Å². The fourth-order valence-corrected chi connectivity index (χ4v) is 3.35. The maximum Gasteiger partial charge on any atom is 0.407 e. The van der Waals surface area contributed by atoms with Crippen molar-refractivity contribution in [1.29, 1.82) is 0 Å². The second-order valence-corrected chi connectivity index (χ2v) is 9.13. The van der Waals surface area contributed by atoms with Crippen LogP contribution in [-0.4, -0.2) is 27.8 Å². The molecule has 0 spiro atoms. The van der Waals surface area contributed by atoms with Crippen LogP contribution in [0.15, 0.2) is 34.9 Å². The largest absolute Gasteiger partial charge is 0.444 e. The number of anilines is 1. The zero-order valence-corrected chi connectivity index (χ0v) is 19.3. The number of benzene rings is 1. The predicted molar refractivity (Wildman–Crippen MR) is 122 cm³/mol. The highest BCUT2D eigenvalue weighted by molar-refractivity contribution is 9.10. The van der Waals surface area contributed by atoms with Gasteiger partial charge in [-0.3, -0.25) is 0 Å². The van der Waals surface area contributed by atoms with Gasteiger partial charge in [0.15, 0.2) is 0 Å². The van der Waals surface area contributed by atoms with Crippen LogP contribution in [0.2, 0.25) is 0 Å². The quantitative estimate of drug-likeness (QED) is 0.437. The molecule has 0 saturated heterocycles. The van der Waals surface area contributed by atoms with E-state index in [1.807, 2.05) is 39.1 Å². The SMILES string of the molecule is CC(C)(C)OC(=O)NCCCCCCCCn1c(-c2ccc(Br)cc2)cnc1N. The van der Waals surface area contributed by atoms with Gasteiger partial charge in [0.05, 0.1) is 11.9 Å². The molecular formula is C22H33BrN4O2. The van der Waals surface area contributed by atoms with E-state index in [1.165, 1.54) is 6.42 Å². The minimum Gasteiger partial charge on any atom is -0.444 e. The van der Waals surface area contributed by atoms with Crippen LogP contribution in [0.4, 0.5) is 10.7 Å². The highest BCUT2D eigenvalue weighted by atomic mass is 79.9. The van der Waals surface area contributed by atoms with Crippen molar-refractivity contribution in [2.45, 2.75) is 71.4 Å². The van der Waals surface area contributed by atoms with Gasteiger partial charge < -0.3 is 20.4 Å². The molecule has 0 atom stereocenters. The monoisotopic (exact) mass is 464 g/mol. The van der Waals surface area contributed by atoms with E-state index >= 15 is 0 Å². The van der Waals surface area contributed by atoms with Crippen LogP contribution in [-0.2, 0) is 11.3 Å². The van der Waals surface area contributed by atoms with Crippen LogP contribution in [0.3, 0.4) is 0 Å². The number of aromatic nitrogens is 2. The highest BCUT2D eigenvalue weighted by Crippen LogP contribution is 2.24. The zero-order chi connectivity index (χ0) is 21.3. The minimum absolute atomic E-state index is 0.336. The summed E-state index contributed by atoms with van der Waals surface area (Å²) in [6.07, 6.45) is 8.14. The lowest BCUT2D eigenvalue weighted by molar-refractivity contribution is 0.0527. The molecule has 0 fully saturated rings. The number of hydrogen-bond donors (Lipinski definition) is 2. The van der Waals surface area contributed by atoms with Gasteiger partial charge in [-0.1, -0.05) is 53.7 Å². The molecule has 1 heterocycles. The predicted octanol–water partition coefficient (Wildman–Crippen LogP) is 5.76. The summed E-state index contributed by atoms with van der Waals surface area (Å²) in [4.78, 5) is 15.9. The molecule has 0 unspecified atom stereocenters. The third kappa shape index (κ3) is 8.48. The normalized spacial score (nSPS) is 11.4. The topological polar surface area (TPSA) is 82.2 Å². The first kappa shape index (κ1) is 23.3. The van der Waals surface area contributed by atoms with Gasteiger partial charge in [0.25, 0.3) is 0 Å². The molecule has 29 heavy (non-hydrogen) atoms. The average molecular weight is 465 g/mol. The summed E-state index contributed by atoms with van der Waals surface area (Å²) >= 11 is 3.47. The smallest absolute Gasteiger partial charge is 0.407 e. The molecule has 6 nitrogen and oxygen atoms in total. The molecule has 1 aromatic carbocycles. The molecule has 0 radical (unpaired) electrons. The number of alkyl carbamates (subject to hydrolysis) is 1. The summed E-state index contributed by atoms with van der Waals surface area (Å²) in [5.41, 5.74) is 7.80. The molecule has 0 aliphatic rings. The maximum atomic E-state index is 11.6. The van der Waals surface area contributed by atoms with E-state index in [0.717, 1.165) is 54.4 Å². The number of hydrogen-bond acceptors (Lipinski definition) is 4. The summed E-state index contributed by atoms with van der Waals surface area (Å²) in [5.74, 6) is 0.566. The van der Waals surface area contributed by atoms with Crippen molar-refractivity contribution >= 4 is 28.0 Å². The Hall–Kier alpha value is -2.02. The van der Waals surface area contributed by atoms with Crippen LogP contribution < -0.4 is 11.1 Å². The van der Waals surface area contributed by atoms with E-state index in [-0.39, 0.29) is 6.09 Å². The fourth-order valence-electron chi connectivity index (χ4n) is 3.08. The first-order chi connectivity index (χ1) is 13.8. The van der Waals surface area contributed by atoms with Crippen molar-refractivity contribution in [3.8, 4) is 11.3 Å². The van der Waals surface area contributed by atoms with Gasteiger partial charge in [-0.05, 0) is 51.3 Å². The van der Waals surface area contributed by atoms with E-state index in [1.54, 1.807) is 0 Å². The van der Waals surface area contributed by atoms with Gasteiger partial charge in [0.1, 0.15) is 5.60 Å². The van der Waals surface area contributed by atoms with Crippen LogP contribution in [0.25, 0.3) is 11.3 Å². The number of ether oxygens (including phenoxy) is 1. The van der Waals surface area contributed by atoms with Crippen LogP contribution in [0.1, 0.15) is 59.3 Å². The van der Waals surface area contributed by atoms with E-state index in [2.05, 4.69) is 42.9 Å². The Bertz CT molecular complexity index is 766. The first-order valence-electron chi connectivity index (χ1n) is 10.3. The number of nitrogens with two attached hydrogens (primary N) is 1. The Morgan fingerprint density at radius 3 is 2.38 bits per heavy atom. The molecule has 1 aromatic heterocycles. The number of carbonyl (C=O) groups is 1. The zero-order valence-electron chi connectivity index (χ0n) is 17.7. The van der Waals surface area contributed by atoms with E-state index in [4.69, 9.17) is 10.5 Å². The lowest BCUT2D eigenvalue weighted by Crippen LogP contribution is -2.32. The number of amides is 1. The number of rotatable bonds is 10. The van der Waals surface area contributed by atoms with Crippen molar-refractivity contribution in [2.75, 3.05) is 12.3 Å². The second kappa shape index (κ2) is 11.2. The first-order valence-corrected chi connectivity index (χ1v) is 11.1. The number of unbranched alkanes of at least 4 members (excludes halogenated alkanes) is 5. The molecule has 0 saturated carbocycles.